The van der Waals surface area contributed by atoms with Crippen molar-refractivity contribution in [1.29, 1.82) is 0 Å². The molecule has 0 amide bonds. The Morgan fingerprint density at radius 2 is 1.27 bits per heavy atom. The number of esters is 1. The lowest BCUT2D eigenvalue weighted by Crippen LogP contribution is -2.51. The predicted octanol–water partition coefficient (Wildman–Crippen LogP) is 4.71. The first-order valence-corrected chi connectivity index (χ1v) is 9.19. The second-order valence-corrected chi connectivity index (χ2v) is 6.57. The van der Waals surface area contributed by atoms with E-state index in [4.69, 9.17) is 4.74 Å². The third-order valence-electron chi connectivity index (χ3n) is 4.32. The highest BCUT2D eigenvalue weighted by atomic mass is 16.5. The number of carbonyl (C=O) groups excluding carboxylic acids is 1. The zero-order chi connectivity index (χ0) is 16.8. The highest BCUT2D eigenvalue weighted by molar-refractivity contribution is 5.86. The maximum atomic E-state index is 11.5. The summed E-state index contributed by atoms with van der Waals surface area (Å²) >= 11 is 0. The van der Waals surface area contributed by atoms with E-state index in [2.05, 4.69) is 27.4 Å². The van der Waals surface area contributed by atoms with E-state index in [1.165, 1.54) is 62.6 Å². The fourth-order valence-corrected chi connectivity index (χ4v) is 2.84. The molecule has 0 atom stereocenters. The molecule has 3 nitrogen and oxygen atoms in total. The van der Waals surface area contributed by atoms with Gasteiger partial charge in [0.1, 0.15) is 0 Å². The Balaban J connectivity index is 4.50. The monoisotopic (exact) mass is 312 g/mol. The molecule has 0 aromatic rings. The highest BCUT2D eigenvalue weighted by Crippen LogP contribution is 2.16. The van der Waals surface area contributed by atoms with Crippen LogP contribution in [0.15, 0.2) is 12.2 Å². The summed E-state index contributed by atoms with van der Waals surface area (Å²) in [6.07, 6.45) is 8.59. The molecule has 0 heterocycles. The van der Waals surface area contributed by atoms with Gasteiger partial charge >= 0.3 is 5.97 Å². The third kappa shape index (κ3) is 9.24. The molecule has 22 heavy (non-hydrogen) atoms. The number of unbranched alkanes of at least 4 members (excludes halogenated alkanes) is 3. The zero-order valence-electron chi connectivity index (χ0n) is 15.5. The van der Waals surface area contributed by atoms with Gasteiger partial charge in [-0.3, -0.25) is 0 Å². The van der Waals surface area contributed by atoms with Crippen LogP contribution in [0.1, 0.15) is 72.6 Å². The smallest absolute Gasteiger partial charge is 0.333 e. The van der Waals surface area contributed by atoms with Crippen LogP contribution >= 0.6 is 0 Å². The molecule has 0 bridgehead atoms. The Morgan fingerprint density at radius 1 is 0.864 bits per heavy atom. The molecule has 0 aliphatic heterocycles. The summed E-state index contributed by atoms with van der Waals surface area (Å²) in [5.41, 5.74) is 0.490. The molecule has 0 fully saturated rings. The highest BCUT2D eigenvalue weighted by Gasteiger charge is 2.25. The van der Waals surface area contributed by atoms with Crippen LogP contribution < -0.4 is 0 Å². The largest absolute Gasteiger partial charge is 0.462 e. The molecular weight excluding hydrogens is 274 g/mol. The average molecular weight is 313 g/mol. The Kier molecular flexibility index (Phi) is 12.2. The van der Waals surface area contributed by atoms with Gasteiger partial charge in [0.05, 0.1) is 32.8 Å². The maximum absolute atomic E-state index is 11.5. The van der Waals surface area contributed by atoms with E-state index in [0.29, 0.717) is 12.2 Å². The summed E-state index contributed by atoms with van der Waals surface area (Å²) in [7, 11) is 0. The zero-order valence-corrected chi connectivity index (χ0v) is 15.5. The molecule has 3 heteroatoms. The number of ether oxygens (including phenoxy) is 1. The first-order chi connectivity index (χ1) is 10.5. The van der Waals surface area contributed by atoms with Crippen LogP contribution in [0.2, 0.25) is 0 Å². The maximum Gasteiger partial charge on any atom is 0.333 e. The molecule has 130 valence electrons. The van der Waals surface area contributed by atoms with Crippen LogP contribution in [0.5, 0.6) is 0 Å². The molecular formula is C19H38NO2+. The van der Waals surface area contributed by atoms with Crippen molar-refractivity contribution in [3.05, 3.63) is 12.2 Å². The number of hydrogen-bond donors (Lipinski definition) is 0. The van der Waals surface area contributed by atoms with Gasteiger partial charge in [0.25, 0.3) is 0 Å². The number of hydrogen-bond acceptors (Lipinski definition) is 2. The van der Waals surface area contributed by atoms with Crippen LogP contribution in [0.25, 0.3) is 0 Å². The van der Waals surface area contributed by atoms with Gasteiger partial charge in [-0.05, 0) is 26.2 Å². The molecule has 0 aromatic heterocycles. The summed E-state index contributed by atoms with van der Waals surface area (Å²) in [5, 5.41) is 0. The number of nitrogens with zero attached hydrogens (tertiary/aromatic N) is 1. The molecule has 0 saturated heterocycles. The lowest BCUT2D eigenvalue weighted by molar-refractivity contribution is -0.929. The SMILES string of the molecule is C=C(C)C(=O)OCCC[N+](CCCC)(CCCC)CCCC. The minimum absolute atomic E-state index is 0.256. The molecule has 0 aliphatic carbocycles. The lowest BCUT2D eigenvalue weighted by Gasteiger charge is -2.39. The van der Waals surface area contributed by atoms with Crippen molar-refractivity contribution < 1.29 is 14.0 Å². The molecule has 0 aromatic carbocycles. The normalized spacial score (nSPS) is 11.5. The van der Waals surface area contributed by atoms with E-state index in [0.717, 1.165) is 13.0 Å². The van der Waals surface area contributed by atoms with Gasteiger partial charge in [-0.2, -0.15) is 0 Å². The van der Waals surface area contributed by atoms with E-state index in [9.17, 15) is 4.79 Å². The predicted molar refractivity (Wildman–Crippen MR) is 94.8 cm³/mol. The van der Waals surface area contributed by atoms with Gasteiger partial charge in [0, 0.05) is 12.0 Å². The van der Waals surface area contributed by atoms with Crippen LogP contribution in [-0.4, -0.2) is 43.2 Å². The fourth-order valence-electron chi connectivity index (χ4n) is 2.84. The van der Waals surface area contributed by atoms with E-state index in [1.807, 2.05) is 0 Å². The van der Waals surface area contributed by atoms with Crippen molar-refractivity contribution in [2.45, 2.75) is 72.6 Å². The van der Waals surface area contributed by atoms with Crippen molar-refractivity contribution in [2.75, 3.05) is 32.8 Å². The molecule has 0 saturated carbocycles. The van der Waals surface area contributed by atoms with Crippen molar-refractivity contribution in [2.24, 2.45) is 0 Å². The number of rotatable bonds is 14. The van der Waals surface area contributed by atoms with E-state index < -0.39 is 0 Å². The number of quaternary nitrogens is 1. The first kappa shape index (κ1) is 21.2. The molecule has 0 radical (unpaired) electrons. The second kappa shape index (κ2) is 12.7. The molecule has 0 rings (SSSR count). The molecule has 0 aliphatic rings. The van der Waals surface area contributed by atoms with Gasteiger partial charge in [-0.15, -0.1) is 0 Å². The Labute approximate surface area is 138 Å². The summed E-state index contributed by atoms with van der Waals surface area (Å²) in [5.74, 6) is -0.256. The van der Waals surface area contributed by atoms with Gasteiger partial charge in [-0.1, -0.05) is 46.6 Å². The molecule has 0 unspecified atom stereocenters. The second-order valence-electron chi connectivity index (χ2n) is 6.57. The Morgan fingerprint density at radius 3 is 1.64 bits per heavy atom. The summed E-state index contributed by atoms with van der Waals surface area (Å²) < 4.78 is 6.47. The first-order valence-electron chi connectivity index (χ1n) is 9.19. The van der Waals surface area contributed by atoms with Crippen molar-refractivity contribution in [3.8, 4) is 0 Å². The number of carbonyl (C=O) groups is 1. The van der Waals surface area contributed by atoms with Crippen LogP contribution in [0.4, 0.5) is 0 Å². The van der Waals surface area contributed by atoms with Crippen molar-refractivity contribution in [1.82, 2.24) is 0 Å². The molecule has 0 spiro atoms. The Hall–Kier alpha value is -0.830. The standard InChI is InChI=1S/C19H38NO2/c1-6-9-13-20(14-10-7-2,15-11-8-3)16-12-17-22-19(21)18(4)5/h4,6-17H2,1-3,5H3/q+1. The fraction of sp³-hybridized carbons (Fsp3) is 0.842. The molecule has 0 N–H and O–H groups in total. The Bertz CT molecular complexity index is 291. The van der Waals surface area contributed by atoms with Gasteiger partial charge < -0.3 is 9.22 Å². The van der Waals surface area contributed by atoms with Gasteiger partial charge in [-0.25, -0.2) is 4.79 Å². The summed E-state index contributed by atoms with van der Waals surface area (Å²) in [4.78, 5) is 11.5. The van der Waals surface area contributed by atoms with Crippen LogP contribution in [0.3, 0.4) is 0 Å². The van der Waals surface area contributed by atoms with Crippen LogP contribution in [-0.2, 0) is 9.53 Å². The lowest BCUT2D eigenvalue weighted by atomic mass is 10.1. The minimum Gasteiger partial charge on any atom is -0.462 e. The van der Waals surface area contributed by atoms with E-state index in [-0.39, 0.29) is 5.97 Å². The topological polar surface area (TPSA) is 26.3 Å². The van der Waals surface area contributed by atoms with Gasteiger partial charge in [0.2, 0.25) is 0 Å². The van der Waals surface area contributed by atoms with E-state index in [1.54, 1.807) is 6.92 Å². The summed E-state index contributed by atoms with van der Waals surface area (Å²) in [6.45, 7) is 17.6. The van der Waals surface area contributed by atoms with Crippen LogP contribution in [0, 0.1) is 0 Å². The van der Waals surface area contributed by atoms with E-state index >= 15 is 0 Å². The third-order valence-corrected chi connectivity index (χ3v) is 4.32. The van der Waals surface area contributed by atoms with Gasteiger partial charge in [0.15, 0.2) is 0 Å². The summed E-state index contributed by atoms with van der Waals surface area (Å²) in [6, 6.07) is 0. The van der Waals surface area contributed by atoms with Crippen molar-refractivity contribution in [3.63, 3.8) is 0 Å². The minimum atomic E-state index is -0.256. The quantitative estimate of drug-likeness (QED) is 0.201. The van der Waals surface area contributed by atoms with Crippen molar-refractivity contribution >= 4 is 5.97 Å². The average Bonchev–Trinajstić information content (AvgIpc) is 2.52.